The molecule has 45 heavy (non-hydrogen) atoms. The van der Waals surface area contributed by atoms with Gasteiger partial charge in [0.2, 0.25) is 5.91 Å². The average Bonchev–Trinajstić information content (AvgIpc) is 3.05. The van der Waals surface area contributed by atoms with Gasteiger partial charge in [-0.3, -0.25) is 4.79 Å². The van der Waals surface area contributed by atoms with Crippen molar-refractivity contribution in [2.24, 2.45) is 5.73 Å². The number of amides is 1. The molecule has 1 amide bonds. The molecule has 234 valence electrons. The summed E-state index contributed by atoms with van der Waals surface area (Å²) in [6.45, 7) is 16.6. The van der Waals surface area contributed by atoms with Crippen LogP contribution >= 0.6 is 0 Å². The number of carbonyl (C=O) groups is 2. The summed E-state index contributed by atoms with van der Waals surface area (Å²) in [6.07, 6.45) is 0. The zero-order chi connectivity index (χ0) is 33.3. The van der Waals surface area contributed by atoms with Gasteiger partial charge in [0.1, 0.15) is 0 Å². The second-order valence-electron chi connectivity index (χ2n) is 11.8. The number of rotatable bonds is 5. The summed E-state index contributed by atoms with van der Waals surface area (Å²) in [5, 5.41) is 17.1. The van der Waals surface area contributed by atoms with E-state index in [9.17, 15) is 9.59 Å². The Morgan fingerprint density at radius 3 is 1.38 bits per heavy atom. The molecule has 0 saturated carbocycles. The zero-order valence-corrected chi connectivity index (χ0v) is 27.9. The van der Waals surface area contributed by atoms with E-state index < -0.39 is 5.97 Å². The molecule has 0 aliphatic heterocycles. The summed E-state index contributed by atoms with van der Waals surface area (Å²) >= 11 is 0. The summed E-state index contributed by atoms with van der Waals surface area (Å²) in [5.74, 6) is -0.0332. The fourth-order valence-corrected chi connectivity index (χ4v) is 5.68. The van der Waals surface area contributed by atoms with Crippen molar-refractivity contribution in [3.63, 3.8) is 0 Å². The van der Waals surface area contributed by atoms with Gasteiger partial charge >= 0.3 is 5.97 Å². The second-order valence-corrected chi connectivity index (χ2v) is 11.8. The van der Waals surface area contributed by atoms with Gasteiger partial charge in [-0.25, -0.2) is 4.79 Å². The zero-order valence-electron chi connectivity index (χ0n) is 27.9. The van der Waals surface area contributed by atoms with Gasteiger partial charge in [-0.15, -0.1) is 0 Å². The van der Waals surface area contributed by atoms with Crippen LogP contribution in [0.2, 0.25) is 0 Å². The van der Waals surface area contributed by atoms with Crippen molar-refractivity contribution in [3.05, 3.63) is 131 Å². The number of nitrogens with two attached hydrogens (primary N) is 1. The van der Waals surface area contributed by atoms with Gasteiger partial charge in [0, 0.05) is 5.56 Å². The van der Waals surface area contributed by atoms with Gasteiger partial charge in [0.05, 0.1) is 5.56 Å². The summed E-state index contributed by atoms with van der Waals surface area (Å²) in [6, 6.07) is 34.7. The highest BCUT2D eigenvalue weighted by molar-refractivity contribution is 6.23. The molecule has 0 aliphatic carbocycles. The molecule has 0 spiro atoms. The lowest BCUT2D eigenvalue weighted by molar-refractivity contribution is 0.0695. The van der Waals surface area contributed by atoms with Gasteiger partial charge in [-0.2, -0.15) is 0 Å². The molecule has 0 bridgehead atoms. The predicted octanol–water partition coefficient (Wildman–Crippen LogP) is 11.2. The molecule has 6 aromatic rings. The number of carboxylic acids is 1. The number of aromatic carboxylic acids is 1. The Bertz CT molecular complexity index is 1790. The van der Waals surface area contributed by atoms with E-state index >= 15 is 0 Å². The molecular formula is C41H47NO3. The monoisotopic (exact) mass is 601 g/mol. The number of benzene rings is 6. The minimum atomic E-state index is -0.848. The third-order valence-corrected chi connectivity index (χ3v) is 7.85. The maximum Gasteiger partial charge on any atom is 0.335 e. The largest absolute Gasteiger partial charge is 0.478 e. The molecule has 0 atom stereocenters. The van der Waals surface area contributed by atoms with Crippen LogP contribution < -0.4 is 5.73 Å². The molecule has 0 aliphatic rings. The molecule has 0 unspecified atom stereocenters. The van der Waals surface area contributed by atoms with E-state index in [0.717, 1.165) is 11.1 Å². The number of hydrogen-bond donors (Lipinski definition) is 2. The lowest BCUT2D eigenvalue weighted by Gasteiger charge is -2.15. The molecule has 0 saturated heterocycles. The second kappa shape index (κ2) is 15.9. The number of hydrogen-bond acceptors (Lipinski definition) is 2. The minimum absolute atomic E-state index is 0.261. The Kier molecular flexibility index (Phi) is 12.3. The molecule has 0 fully saturated rings. The molecule has 4 heteroatoms. The Hall–Kier alpha value is -4.70. The minimum Gasteiger partial charge on any atom is -0.478 e. The van der Waals surface area contributed by atoms with Crippen LogP contribution in [0.3, 0.4) is 0 Å². The SMILES string of the molecule is CC.CC(C)c1ccc2ccc3cccc4ccc1c2c34.CC(C)c1ccccc1C(=O)O.CC(C)c1ccccc1C(N)=O. The summed E-state index contributed by atoms with van der Waals surface area (Å²) in [5.41, 5.74) is 9.62. The Morgan fingerprint density at radius 1 is 0.511 bits per heavy atom. The first-order valence-electron chi connectivity index (χ1n) is 15.9. The third-order valence-electron chi connectivity index (χ3n) is 7.85. The van der Waals surface area contributed by atoms with Crippen LogP contribution in [0.15, 0.2) is 103 Å². The van der Waals surface area contributed by atoms with Gasteiger partial charge in [0.25, 0.3) is 0 Å². The number of primary amides is 1. The van der Waals surface area contributed by atoms with Crippen LogP contribution in [0.4, 0.5) is 0 Å². The highest BCUT2D eigenvalue weighted by atomic mass is 16.4. The average molecular weight is 602 g/mol. The van der Waals surface area contributed by atoms with E-state index in [1.165, 1.54) is 37.9 Å². The highest BCUT2D eigenvalue weighted by Crippen LogP contribution is 2.37. The van der Waals surface area contributed by atoms with Gasteiger partial charge < -0.3 is 10.8 Å². The van der Waals surface area contributed by atoms with Crippen LogP contribution in [-0.2, 0) is 0 Å². The summed E-state index contributed by atoms with van der Waals surface area (Å²) in [7, 11) is 0. The highest BCUT2D eigenvalue weighted by Gasteiger charge is 2.13. The predicted molar refractivity (Wildman–Crippen MR) is 192 cm³/mol. The fourth-order valence-electron chi connectivity index (χ4n) is 5.68. The van der Waals surface area contributed by atoms with Crippen molar-refractivity contribution in [2.75, 3.05) is 0 Å². The molecule has 3 N–H and O–H groups in total. The van der Waals surface area contributed by atoms with Crippen LogP contribution in [0.1, 0.15) is 111 Å². The lowest BCUT2D eigenvalue weighted by Crippen LogP contribution is -2.14. The van der Waals surface area contributed by atoms with Crippen LogP contribution in [-0.4, -0.2) is 17.0 Å². The summed E-state index contributed by atoms with van der Waals surface area (Å²) in [4.78, 5) is 21.7. The summed E-state index contributed by atoms with van der Waals surface area (Å²) < 4.78 is 0. The maximum absolute atomic E-state index is 10.9. The lowest BCUT2D eigenvalue weighted by atomic mass is 9.89. The van der Waals surface area contributed by atoms with Crippen LogP contribution in [0.25, 0.3) is 32.3 Å². The molecule has 6 rings (SSSR count). The molecular weight excluding hydrogens is 554 g/mol. The van der Waals surface area contributed by atoms with E-state index in [2.05, 4.69) is 68.4 Å². The third kappa shape index (κ3) is 8.07. The Morgan fingerprint density at radius 2 is 0.933 bits per heavy atom. The van der Waals surface area contributed by atoms with E-state index in [4.69, 9.17) is 10.8 Å². The van der Waals surface area contributed by atoms with Crippen LogP contribution in [0.5, 0.6) is 0 Å². The van der Waals surface area contributed by atoms with Gasteiger partial charge in [-0.05, 0) is 78.9 Å². The Balaban J connectivity index is 0.000000188. The maximum atomic E-state index is 10.9. The van der Waals surface area contributed by atoms with Crippen molar-refractivity contribution in [2.45, 2.75) is 73.1 Å². The molecule has 4 nitrogen and oxygen atoms in total. The quantitative estimate of drug-likeness (QED) is 0.193. The molecule has 6 aromatic carbocycles. The topological polar surface area (TPSA) is 80.4 Å². The molecule has 0 aromatic heterocycles. The van der Waals surface area contributed by atoms with E-state index in [0.29, 0.717) is 23.0 Å². The molecule has 0 radical (unpaired) electrons. The van der Waals surface area contributed by atoms with Crippen molar-refractivity contribution in [1.82, 2.24) is 0 Å². The van der Waals surface area contributed by atoms with Crippen molar-refractivity contribution < 1.29 is 14.7 Å². The van der Waals surface area contributed by atoms with Crippen molar-refractivity contribution >= 4 is 44.2 Å². The van der Waals surface area contributed by atoms with E-state index in [1.54, 1.807) is 18.2 Å². The first kappa shape index (κ1) is 34.8. The first-order chi connectivity index (χ1) is 21.5. The standard InChI is InChI=1S/C19H16.C10H13NO.C10H12O2.C2H6/c1-12(2)16-10-8-15-7-6-13-4-3-5-14-9-11-17(16)19(15)18(13)14;2*1-7(2)8-5-3-4-6-9(8)10(11)12;1-2/h3-12H,1-2H3;3-7H,1-2H3,(H2,11,12);3-7H,1-2H3,(H,11,12);1-2H3. The Labute approximate surface area is 268 Å². The van der Waals surface area contributed by atoms with Crippen molar-refractivity contribution in [3.8, 4) is 0 Å². The van der Waals surface area contributed by atoms with Gasteiger partial charge in [0.15, 0.2) is 0 Å². The van der Waals surface area contributed by atoms with Gasteiger partial charge in [-0.1, -0.05) is 146 Å². The van der Waals surface area contributed by atoms with E-state index in [1.807, 2.05) is 71.9 Å². The van der Waals surface area contributed by atoms with E-state index in [-0.39, 0.29) is 11.8 Å². The van der Waals surface area contributed by atoms with Crippen LogP contribution in [0, 0.1) is 0 Å². The van der Waals surface area contributed by atoms with Crippen molar-refractivity contribution in [1.29, 1.82) is 0 Å². The normalized spacial score (nSPS) is 10.7. The smallest absolute Gasteiger partial charge is 0.335 e. The molecule has 0 heterocycles. The number of carbonyl (C=O) groups excluding carboxylic acids is 1. The number of carboxylic acid groups (broad SMARTS) is 1. The first-order valence-corrected chi connectivity index (χ1v) is 15.9. The fraction of sp³-hybridized carbons (Fsp3) is 0.268.